The minimum atomic E-state index is 0.0129. The SMILES string of the molecule is CN1CCN(C2=NC(=O)CS2)CC1. The first-order valence-corrected chi connectivity index (χ1v) is 5.42. The molecule has 0 aliphatic carbocycles. The van der Waals surface area contributed by atoms with E-state index in [2.05, 4.69) is 21.8 Å². The lowest BCUT2D eigenvalue weighted by Gasteiger charge is -2.33. The van der Waals surface area contributed by atoms with Gasteiger partial charge in [0.25, 0.3) is 5.91 Å². The molecule has 2 heterocycles. The van der Waals surface area contributed by atoms with E-state index in [0.29, 0.717) is 5.75 Å². The molecule has 4 nitrogen and oxygen atoms in total. The second kappa shape index (κ2) is 3.67. The van der Waals surface area contributed by atoms with Gasteiger partial charge >= 0.3 is 0 Å². The highest BCUT2D eigenvalue weighted by molar-refractivity contribution is 8.14. The van der Waals surface area contributed by atoms with Gasteiger partial charge in [0.05, 0.1) is 5.75 Å². The molecule has 13 heavy (non-hydrogen) atoms. The van der Waals surface area contributed by atoms with Crippen LogP contribution in [0.1, 0.15) is 0 Å². The van der Waals surface area contributed by atoms with Gasteiger partial charge in [-0.1, -0.05) is 11.8 Å². The molecule has 0 bridgehead atoms. The maximum atomic E-state index is 10.9. The fourth-order valence-corrected chi connectivity index (χ4v) is 2.31. The molecule has 2 aliphatic heterocycles. The number of nitrogens with zero attached hydrogens (tertiary/aromatic N) is 3. The van der Waals surface area contributed by atoms with Gasteiger partial charge in [-0.3, -0.25) is 4.79 Å². The smallest absolute Gasteiger partial charge is 0.258 e. The highest BCUT2D eigenvalue weighted by Gasteiger charge is 2.23. The Bertz CT molecular complexity index is 246. The van der Waals surface area contributed by atoms with E-state index >= 15 is 0 Å². The number of hydrogen-bond donors (Lipinski definition) is 0. The predicted octanol–water partition coefficient (Wildman–Crippen LogP) is -0.137. The Morgan fingerprint density at radius 1 is 1.31 bits per heavy atom. The van der Waals surface area contributed by atoms with Crippen molar-refractivity contribution in [3.8, 4) is 0 Å². The van der Waals surface area contributed by atoms with Crippen molar-refractivity contribution in [1.82, 2.24) is 9.80 Å². The number of piperazine rings is 1. The Kier molecular flexibility index (Phi) is 2.55. The fraction of sp³-hybridized carbons (Fsp3) is 0.750. The van der Waals surface area contributed by atoms with Crippen molar-refractivity contribution in [3.63, 3.8) is 0 Å². The average Bonchev–Trinajstić information content (AvgIpc) is 2.53. The number of thioether (sulfide) groups is 1. The number of rotatable bonds is 0. The molecule has 0 atom stereocenters. The summed E-state index contributed by atoms with van der Waals surface area (Å²) >= 11 is 1.57. The normalized spacial score (nSPS) is 25.2. The third-order valence-corrected chi connectivity index (χ3v) is 3.32. The van der Waals surface area contributed by atoms with Crippen LogP contribution in [-0.4, -0.2) is 59.9 Å². The van der Waals surface area contributed by atoms with Crippen LogP contribution in [-0.2, 0) is 4.79 Å². The number of carbonyl (C=O) groups is 1. The van der Waals surface area contributed by atoms with Crippen molar-refractivity contribution >= 4 is 22.8 Å². The maximum absolute atomic E-state index is 10.9. The molecule has 1 amide bonds. The van der Waals surface area contributed by atoms with Crippen molar-refractivity contribution in [1.29, 1.82) is 0 Å². The summed E-state index contributed by atoms with van der Waals surface area (Å²) < 4.78 is 0. The number of hydrogen-bond acceptors (Lipinski definition) is 4. The van der Waals surface area contributed by atoms with Gasteiger partial charge in [0, 0.05) is 26.2 Å². The van der Waals surface area contributed by atoms with E-state index in [1.165, 1.54) is 0 Å². The van der Waals surface area contributed by atoms with E-state index < -0.39 is 0 Å². The van der Waals surface area contributed by atoms with Gasteiger partial charge in [-0.2, -0.15) is 4.99 Å². The van der Waals surface area contributed by atoms with E-state index in [1.54, 1.807) is 11.8 Å². The number of aliphatic imine (C=N–C) groups is 1. The molecular weight excluding hydrogens is 186 g/mol. The Hall–Kier alpha value is -0.550. The van der Waals surface area contributed by atoms with E-state index in [4.69, 9.17) is 0 Å². The molecule has 0 N–H and O–H groups in total. The standard InChI is InChI=1S/C8H13N3OS/c1-10-2-4-11(5-3-10)8-9-7(12)6-13-8/h2-6H2,1H3. The first kappa shape index (κ1) is 9.02. The first-order valence-electron chi connectivity index (χ1n) is 4.43. The van der Waals surface area contributed by atoms with Gasteiger partial charge in [0.2, 0.25) is 0 Å². The number of carbonyl (C=O) groups excluding carboxylic acids is 1. The van der Waals surface area contributed by atoms with Crippen LogP contribution in [0, 0.1) is 0 Å². The lowest BCUT2D eigenvalue weighted by atomic mass is 10.3. The summed E-state index contributed by atoms with van der Waals surface area (Å²) in [6.07, 6.45) is 0. The van der Waals surface area contributed by atoms with Crippen LogP contribution >= 0.6 is 11.8 Å². The summed E-state index contributed by atoms with van der Waals surface area (Å²) in [6.45, 7) is 4.12. The second-order valence-corrected chi connectivity index (χ2v) is 4.31. The van der Waals surface area contributed by atoms with Crippen LogP contribution in [0.2, 0.25) is 0 Å². The van der Waals surface area contributed by atoms with Crippen molar-refractivity contribution in [3.05, 3.63) is 0 Å². The Balaban J connectivity index is 1.95. The third-order valence-electron chi connectivity index (χ3n) is 2.32. The summed E-state index contributed by atoms with van der Waals surface area (Å²) in [6, 6.07) is 0. The summed E-state index contributed by atoms with van der Waals surface area (Å²) in [7, 11) is 2.12. The van der Waals surface area contributed by atoms with Crippen molar-refractivity contribution < 1.29 is 4.79 Å². The first-order chi connectivity index (χ1) is 6.25. The molecule has 0 aromatic heterocycles. The minimum Gasteiger partial charge on any atom is -0.349 e. The molecule has 5 heteroatoms. The summed E-state index contributed by atoms with van der Waals surface area (Å²) in [4.78, 5) is 19.4. The van der Waals surface area contributed by atoms with Gasteiger partial charge < -0.3 is 9.80 Å². The van der Waals surface area contributed by atoms with Crippen LogP contribution in [0.25, 0.3) is 0 Å². The highest BCUT2D eigenvalue weighted by Crippen LogP contribution is 2.17. The third kappa shape index (κ3) is 2.03. The highest BCUT2D eigenvalue weighted by atomic mass is 32.2. The van der Waals surface area contributed by atoms with Gasteiger partial charge in [-0.15, -0.1) is 0 Å². The van der Waals surface area contributed by atoms with E-state index in [-0.39, 0.29) is 5.91 Å². The lowest BCUT2D eigenvalue weighted by Crippen LogP contribution is -2.46. The van der Waals surface area contributed by atoms with Gasteiger partial charge in [-0.25, -0.2) is 0 Å². The van der Waals surface area contributed by atoms with E-state index in [1.807, 2.05) is 0 Å². The van der Waals surface area contributed by atoms with Crippen LogP contribution in [0.3, 0.4) is 0 Å². The number of amidine groups is 1. The Morgan fingerprint density at radius 2 is 2.00 bits per heavy atom. The number of likely N-dealkylation sites (N-methyl/N-ethyl adjacent to an activating group) is 1. The molecule has 0 saturated carbocycles. The summed E-state index contributed by atoms with van der Waals surface area (Å²) in [5, 5.41) is 0.929. The van der Waals surface area contributed by atoms with Crippen molar-refractivity contribution in [2.75, 3.05) is 39.0 Å². The van der Waals surface area contributed by atoms with E-state index in [9.17, 15) is 4.79 Å². The molecule has 0 unspecified atom stereocenters. The van der Waals surface area contributed by atoms with Gasteiger partial charge in [0.1, 0.15) is 0 Å². The zero-order valence-electron chi connectivity index (χ0n) is 7.69. The fourth-order valence-electron chi connectivity index (χ4n) is 1.46. The molecule has 0 aromatic carbocycles. The van der Waals surface area contributed by atoms with Gasteiger partial charge in [-0.05, 0) is 7.05 Å². The van der Waals surface area contributed by atoms with Crippen LogP contribution in [0.4, 0.5) is 0 Å². The maximum Gasteiger partial charge on any atom is 0.258 e. The molecule has 1 saturated heterocycles. The Morgan fingerprint density at radius 3 is 2.54 bits per heavy atom. The topological polar surface area (TPSA) is 35.9 Å². The molecule has 0 spiro atoms. The molecule has 2 rings (SSSR count). The Labute approximate surface area is 82.0 Å². The summed E-state index contributed by atoms with van der Waals surface area (Å²) in [5.74, 6) is 0.542. The van der Waals surface area contributed by atoms with Crippen molar-refractivity contribution in [2.45, 2.75) is 0 Å². The molecule has 72 valence electrons. The van der Waals surface area contributed by atoms with Crippen LogP contribution in [0.5, 0.6) is 0 Å². The predicted molar refractivity (Wildman–Crippen MR) is 54.0 cm³/mol. The molecule has 2 aliphatic rings. The quantitative estimate of drug-likeness (QED) is 0.544. The largest absolute Gasteiger partial charge is 0.349 e. The number of amides is 1. The lowest BCUT2D eigenvalue weighted by molar-refractivity contribution is -0.115. The van der Waals surface area contributed by atoms with Crippen LogP contribution < -0.4 is 0 Å². The molecular formula is C8H13N3OS. The zero-order valence-corrected chi connectivity index (χ0v) is 8.51. The van der Waals surface area contributed by atoms with Gasteiger partial charge in [0.15, 0.2) is 5.17 Å². The van der Waals surface area contributed by atoms with E-state index in [0.717, 1.165) is 31.3 Å². The molecule has 0 aromatic rings. The minimum absolute atomic E-state index is 0.0129. The average molecular weight is 199 g/mol. The second-order valence-electron chi connectivity index (χ2n) is 3.37. The zero-order chi connectivity index (χ0) is 9.26. The van der Waals surface area contributed by atoms with Crippen molar-refractivity contribution in [2.24, 2.45) is 4.99 Å². The van der Waals surface area contributed by atoms with Crippen LogP contribution in [0.15, 0.2) is 4.99 Å². The monoisotopic (exact) mass is 199 g/mol. The molecule has 1 fully saturated rings. The summed E-state index contributed by atoms with van der Waals surface area (Å²) in [5.41, 5.74) is 0. The molecule has 0 radical (unpaired) electrons.